The minimum Gasteiger partial charge on any atom is -0.493 e. The predicted octanol–water partition coefficient (Wildman–Crippen LogP) is 3.04. The van der Waals surface area contributed by atoms with Gasteiger partial charge in [0, 0.05) is 6.42 Å². The Hall–Kier alpha value is -1.42. The number of hydrogen-bond donors (Lipinski definition) is 0. The fourth-order valence-corrected chi connectivity index (χ4v) is 1.27. The summed E-state index contributed by atoms with van der Waals surface area (Å²) in [6, 6.07) is 8.21. The van der Waals surface area contributed by atoms with Gasteiger partial charge in [-0.15, -0.1) is 12.3 Å². The van der Waals surface area contributed by atoms with Crippen LogP contribution in [0.2, 0.25) is 0 Å². The number of terminal acetylenes is 1. The molecule has 0 heterocycles. The second-order valence-electron chi connectivity index (χ2n) is 3.20. The second kappa shape index (κ2) is 6.10. The summed E-state index contributed by atoms with van der Waals surface area (Å²) in [7, 11) is 0. The highest BCUT2D eigenvalue weighted by atomic mass is 16.5. The number of hydrogen-bond acceptors (Lipinski definition) is 1. The van der Waals surface area contributed by atoms with Crippen molar-refractivity contribution < 1.29 is 4.74 Å². The van der Waals surface area contributed by atoms with E-state index in [1.165, 1.54) is 12.0 Å². The van der Waals surface area contributed by atoms with Crippen molar-refractivity contribution in [3.8, 4) is 18.1 Å². The van der Waals surface area contributed by atoms with Crippen LogP contribution in [0.15, 0.2) is 24.3 Å². The van der Waals surface area contributed by atoms with Crippen LogP contribution in [0, 0.1) is 12.3 Å². The Morgan fingerprint density at radius 3 is 2.57 bits per heavy atom. The topological polar surface area (TPSA) is 9.23 Å². The van der Waals surface area contributed by atoms with Gasteiger partial charge >= 0.3 is 0 Å². The molecule has 0 spiro atoms. The molecule has 1 heteroatoms. The molecule has 74 valence electrons. The Morgan fingerprint density at radius 1 is 1.29 bits per heavy atom. The predicted molar refractivity (Wildman–Crippen MR) is 59.4 cm³/mol. The molecule has 0 saturated carbocycles. The second-order valence-corrected chi connectivity index (χ2v) is 3.20. The smallest absolute Gasteiger partial charge is 0.119 e. The van der Waals surface area contributed by atoms with Crippen LogP contribution < -0.4 is 4.74 Å². The Bertz CT molecular complexity index is 292. The number of rotatable bonds is 5. The molecule has 0 N–H and O–H groups in total. The highest BCUT2D eigenvalue weighted by molar-refractivity contribution is 5.27. The van der Waals surface area contributed by atoms with Crippen molar-refractivity contribution in [2.24, 2.45) is 0 Å². The van der Waals surface area contributed by atoms with E-state index in [4.69, 9.17) is 11.2 Å². The van der Waals surface area contributed by atoms with Gasteiger partial charge in [0.1, 0.15) is 5.75 Å². The standard InChI is InChI=1S/C13H16O/c1-3-5-11-14-13-9-7-12(6-4-2)8-10-13/h1,7-10H,4-6,11H2,2H3. The molecular formula is C13H16O. The Labute approximate surface area is 86.1 Å². The first-order chi connectivity index (χ1) is 6.86. The third kappa shape index (κ3) is 3.53. The van der Waals surface area contributed by atoms with Gasteiger partial charge in [-0.3, -0.25) is 0 Å². The number of benzene rings is 1. The van der Waals surface area contributed by atoms with Gasteiger partial charge < -0.3 is 4.74 Å². The molecule has 0 amide bonds. The average molecular weight is 188 g/mol. The molecule has 0 aliphatic rings. The van der Waals surface area contributed by atoms with Crippen LogP contribution in [0.1, 0.15) is 25.3 Å². The summed E-state index contributed by atoms with van der Waals surface area (Å²) in [6.07, 6.45) is 8.10. The van der Waals surface area contributed by atoms with Crippen molar-refractivity contribution in [2.45, 2.75) is 26.2 Å². The summed E-state index contributed by atoms with van der Waals surface area (Å²) >= 11 is 0. The Balaban J connectivity index is 2.43. The molecule has 0 bridgehead atoms. The van der Waals surface area contributed by atoms with E-state index in [2.05, 4.69) is 25.0 Å². The van der Waals surface area contributed by atoms with Crippen LogP contribution in [0.3, 0.4) is 0 Å². The van der Waals surface area contributed by atoms with Crippen molar-refractivity contribution in [1.82, 2.24) is 0 Å². The average Bonchev–Trinajstić information content (AvgIpc) is 2.21. The zero-order valence-electron chi connectivity index (χ0n) is 8.62. The van der Waals surface area contributed by atoms with Gasteiger partial charge in [0.25, 0.3) is 0 Å². The molecule has 0 radical (unpaired) electrons. The lowest BCUT2D eigenvalue weighted by molar-refractivity contribution is 0.327. The summed E-state index contributed by atoms with van der Waals surface area (Å²) in [4.78, 5) is 0. The Kier molecular flexibility index (Phi) is 4.64. The van der Waals surface area contributed by atoms with Crippen LogP contribution in [0.5, 0.6) is 5.75 Å². The fourth-order valence-electron chi connectivity index (χ4n) is 1.27. The SMILES string of the molecule is C#CCCOc1ccc(CCC)cc1. The molecule has 0 atom stereocenters. The van der Waals surface area contributed by atoms with E-state index >= 15 is 0 Å². The molecule has 0 saturated heterocycles. The minimum absolute atomic E-state index is 0.601. The molecule has 0 aromatic heterocycles. The first-order valence-electron chi connectivity index (χ1n) is 5.02. The van der Waals surface area contributed by atoms with Crippen molar-refractivity contribution in [3.63, 3.8) is 0 Å². The molecule has 1 aromatic carbocycles. The lowest BCUT2D eigenvalue weighted by atomic mass is 10.1. The van der Waals surface area contributed by atoms with Crippen LogP contribution >= 0.6 is 0 Å². The molecule has 0 fully saturated rings. The first kappa shape index (κ1) is 10.7. The van der Waals surface area contributed by atoms with Crippen molar-refractivity contribution >= 4 is 0 Å². The van der Waals surface area contributed by atoms with Crippen LogP contribution in [0.25, 0.3) is 0 Å². The third-order valence-electron chi connectivity index (χ3n) is 1.98. The van der Waals surface area contributed by atoms with Gasteiger partial charge in [-0.2, -0.15) is 0 Å². The maximum Gasteiger partial charge on any atom is 0.119 e. The number of ether oxygens (including phenoxy) is 1. The van der Waals surface area contributed by atoms with Crippen molar-refractivity contribution in [2.75, 3.05) is 6.61 Å². The van der Waals surface area contributed by atoms with E-state index in [0.29, 0.717) is 13.0 Å². The van der Waals surface area contributed by atoms with Crippen molar-refractivity contribution in [1.29, 1.82) is 0 Å². The lowest BCUT2D eigenvalue weighted by Crippen LogP contribution is -1.95. The van der Waals surface area contributed by atoms with E-state index in [1.54, 1.807) is 0 Å². The summed E-state index contributed by atoms with van der Waals surface area (Å²) in [5.41, 5.74) is 1.36. The zero-order valence-corrected chi connectivity index (χ0v) is 8.62. The monoisotopic (exact) mass is 188 g/mol. The zero-order chi connectivity index (χ0) is 10.2. The van der Waals surface area contributed by atoms with Crippen LogP contribution in [-0.4, -0.2) is 6.61 Å². The van der Waals surface area contributed by atoms with E-state index < -0.39 is 0 Å². The summed E-state index contributed by atoms with van der Waals surface area (Å²) in [5.74, 6) is 3.45. The normalized spacial score (nSPS) is 9.43. The quantitative estimate of drug-likeness (QED) is 0.510. The van der Waals surface area contributed by atoms with E-state index in [9.17, 15) is 0 Å². The van der Waals surface area contributed by atoms with Crippen molar-refractivity contribution in [3.05, 3.63) is 29.8 Å². The molecule has 0 aliphatic heterocycles. The van der Waals surface area contributed by atoms with Gasteiger partial charge in [0.05, 0.1) is 6.61 Å². The molecular weight excluding hydrogens is 172 g/mol. The molecule has 1 nitrogen and oxygen atoms in total. The van der Waals surface area contributed by atoms with E-state index in [-0.39, 0.29) is 0 Å². The highest BCUT2D eigenvalue weighted by Gasteiger charge is 1.93. The molecule has 1 rings (SSSR count). The lowest BCUT2D eigenvalue weighted by Gasteiger charge is -2.04. The maximum absolute atomic E-state index is 5.44. The Morgan fingerprint density at radius 2 is 2.00 bits per heavy atom. The van der Waals surface area contributed by atoms with E-state index in [0.717, 1.165) is 12.2 Å². The largest absolute Gasteiger partial charge is 0.493 e. The maximum atomic E-state index is 5.44. The van der Waals surface area contributed by atoms with Gasteiger partial charge in [-0.05, 0) is 24.1 Å². The van der Waals surface area contributed by atoms with Crippen LogP contribution in [-0.2, 0) is 6.42 Å². The third-order valence-corrected chi connectivity index (χ3v) is 1.98. The molecule has 0 unspecified atom stereocenters. The van der Waals surface area contributed by atoms with Crippen LogP contribution in [0.4, 0.5) is 0 Å². The summed E-state index contributed by atoms with van der Waals surface area (Å²) in [6.45, 7) is 2.78. The fraction of sp³-hybridized carbons (Fsp3) is 0.385. The summed E-state index contributed by atoms with van der Waals surface area (Å²) < 4.78 is 5.44. The minimum atomic E-state index is 0.601. The van der Waals surface area contributed by atoms with E-state index in [1.807, 2.05) is 12.1 Å². The highest BCUT2D eigenvalue weighted by Crippen LogP contribution is 2.13. The first-order valence-corrected chi connectivity index (χ1v) is 5.02. The molecule has 0 aliphatic carbocycles. The molecule has 14 heavy (non-hydrogen) atoms. The summed E-state index contributed by atoms with van der Waals surface area (Å²) in [5, 5.41) is 0. The number of aryl methyl sites for hydroxylation is 1. The van der Waals surface area contributed by atoms with Gasteiger partial charge in [0.2, 0.25) is 0 Å². The molecule has 1 aromatic rings. The van der Waals surface area contributed by atoms with Gasteiger partial charge in [-0.1, -0.05) is 25.5 Å². The van der Waals surface area contributed by atoms with Gasteiger partial charge in [0.15, 0.2) is 0 Å². The van der Waals surface area contributed by atoms with Gasteiger partial charge in [-0.25, -0.2) is 0 Å².